The van der Waals surface area contributed by atoms with E-state index in [2.05, 4.69) is 5.32 Å². The molecule has 0 fully saturated rings. The molecular weight excluding hydrogens is 240 g/mol. The quantitative estimate of drug-likeness (QED) is 0.876. The Morgan fingerprint density at radius 3 is 2.33 bits per heavy atom. The topological polar surface area (TPSA) is 49.3 Å². The number of carboxylic acids is 1. The Labute approximate surface area is 102 Å². The third kappa shape index (κ3) is 2.29. The predicted octanol–water partition coefficient (Wildman–Crippen LogP) is 3.41. The molecule has 2 N–H and O–H groups in total. The minimum absolute atomic E-state index is 0.0186. The van der Waals surface area contributed by atoms with E-state index in [9.17, 15) is 13.6 Å². The maximum Gasteiger partial charge on any atom is 0.337 e. The molecule has 0 spiro atoms. The molecule has 2 rings (SSSR count). The van der Waals surface area contributed by atoms with Crippen molar-refractivity contribution in [2.45, 2.75) is 0 Å². The fraction of sp³-hybridized carbons (Fsp3) is 0. The lowest BCUT2D eigenvalue weighted by molar-refractivity contribution is 0.0697. The summed E-state index contributed by atoms with van der Waals surface area (Å²) in [7, 11) is 0. The van der Waals surface area contributed by atoms with Gasteiger partial charge < -0.3 is 10.4 Å². The Balaban J connectivity index is 2.46. The van der Waals surface area contributed by atoms with E-state index in [1.165, 1.54) is 30.3 Å². The molecule has 0 aliphatic carbocycles. The molecule has 0 atom stereocenters. The molecule has 0 saturated carbocycles. The zero-order valence-corrected chi connectivity index (χ0v) is 9.15. The van der Waals surface area contributed by atoms with E-state index in [1.807, 2.05) is 0 Å². The Morgan fingerprint density at radius 2 is 1.67 bits per heavy atom. The largest absolute Gasteiger partial charge is 0.478 e. The van der Waals surface area contributed by atoms with Crippen molar-refractivity contribution in [2.75, 3.05) is 5.32 Å². The minimum Gasteiger partial charge on any atom is -0.478 e. The summed E-state index contributed by atoms with van der Waals surface area (Å²) < 4.78 is 27.0. The van der Waals surface area contributed by atoms with Crippen LogP contribution in [-0.4, -0.2) is 11.1 Å². The second kappa shape index (κ2) is 4.83. The van der Waals surface area contributed by atoms with Gasteiger partial charge in [-0.05, 0) is 24.3 Å². The van der Waals surface area contributed by atoms with Crippen molar-refractivity contribution < 1.29 is 18.7 Å². The number of para-hydroxylation sites is 2. The van der Waals surface area contributed by atoms with Crippen molar-refractivity contribution in [3.8, 4) is 0 Å². The summed E-state index contributed by atoms with van der Waals surface area (Å²) in [6, 6.07) is 9.28. The summed E-state index contributed by atoms with van der Waals surface area (Å²) in [5.74, 6) is -2.62. The average Bonchev–Trinajstić information content (AvgIpc) is 2.34. The standard InChI is InChI=1S/C13H9F2NO2/c14-9-5-1-2-7-11(9)16-12-8(13(17)18)4-3-6-10(12)15/h1-7,16H,(H,17,18). The summed E-state index contributed by atoms with van der Waals surface area (Å²) in [4.78, 5) is 10.9. The second-order valence-electron chi connectivity index (χ2n) is 3.57. The molecule has 2 aromatic carbocycles. The van der Waals surface area contributed by atoms with Gasteiger partial charge in [0.1, 0.15) is 11.6 Å². The van der Waals surface area contributed by atoms with Crippen LogP contribution < -0.4 is 5.32 Å². The molecule has 18 heavy (non-hydrogen) atoms. The molecule has 0 heterocycles. The molecule has 2 aromatic rings. The van der Waals surface area contributed by atoms with Gasteiger partial charge in [0, 0.05) is 0 Å². The number of hydrogen-bond acceptors (Lipinski definition) is 2. The Kier molecular flexibility index (Phi) is 3.23. The van der Waals surface area contributed by atoms with Crippen LogP contribution in [0.4, 0.5) is 20.2 Å². The number of aromatic carboxylic acids is 1. The molecule has 0 amide bonds. The van der Waals surface area contributed by atoms with Gasteiger partial charge in [0.2, 0.25) is 0 Å². The fourth-order valence-corrected chi connectivity index (χ4v) is 1.53. The van der Waals surface area contributed by atoms with Crippen molar-refractivity contribution in [2.24, 2.45) is 0 Å². The number of benzene rings is 2. The molecule has 0 bridgehead atoms. The highest BCUT2D eigenvalue weighted by atomic mass is 19.1. The average molecular weight is 249 g/mol. The Morgan fingerprint density at radius 1 is 1.00 bits per heavy atom. The van der Waals surface area contributed by atoms with Crippen LogP contribution >= 0.6 is 0 Å². The van der Waals surface area contributed by atoms with E-state index in [-0.39, 0.29) is 16.9 Å². The molecule has 92 valence electrons. The summed E-state index contributed by atoms with van der Waals surface area (Å²) >= 11 is 0. The number of hydrogen-bond donors (Lipinski definition) is 2. The first kappa shape index (κ1) is 12.0. The number of halogens is 2. The zero-order valence-electron chi connectivity index (χ0n) is 9.15. The van der Waals surface area contributed by atoms with Gasteiger partial charge in [-0.2, -0.15) is 0 Å². The predicted molar refractivity (Wildman–Crippen MR) is 63.0 cm³/mol. The van der Waals surface area contributed by atoms with E-state index in [1.54, 1.807) is 6.07 Å². The van der Waals surface area contributed by atoms with Crippen molar-refractivity contribution in [3.63, 3.8) is 0 Å². The molecule has 0 aliphatic heterocycles. The van der Waals surface area contributed by atoms with Crippen LogP contribution in [0.15, 0.2) is 42.5 Å². The van der Waals surface area contributed by atoms with Gasteiger partial charge >= 0.3 is 5.97 Å². The van der Waals surface area contributed by atoms with Crippen LogP contribution in [0.5, 0.6) is 0 Å². The number of nitrogens with one attached hydrogen (secondary N) is 1. The first-order chi connectivity index (χ1) is 8.59. The van der Waals surface area contributed by atoms with Gasteiger partial charge in [0.15, 0.2) is 0 Å². The normalized spacial score (nSPS) is 10.1. The summed E-state index contributed by atoms with van der Waals surface area (Å²) in [5, 5.41) is 11.4. The van der Waals surface area contributed by atoms with Crippen LogP contribution in [0, 0.1) is 11.6 Å². The molecule has 5 heteroatoms. The summed E-state index contributed by atoms with van der Waals surface area (Å²) in [6.07, 6.45) is 0. The lowest BCUT2D eigenvalue weighted by Gasteiger charge is -2.11. The van der Waals surface area contributed by atoms with Crippen LogP contribution in [0.1, 0.15) is 10.4 Å². The van der Waals surface area contributed by atoms with E-state index in [4.69, 9.17) is 5.11 Å². The van der Waals surface area contributed by atoms with Crippen molar-refractivity contribution >= 4 is 17.3 Å². The maximum atomic E-state index is 13.6. The zero-order chi connectivity index (χ0) is 13.1. The molecule has 0 aliphatic rings. The smallest absolute Gasteiger partial charge is 0.337 e. The highest BCUT2D eigenvalue weighted by molar-refractivity contribution is 5.95. The highest BCUT2D eigenvalue weighted by Crippen LogP contribution is 2.25. The number of anilines is 2. The maximum absolute atomic E-state index is 13.6. The summed E-state index contributed by atoms with van der Waals surface area (Å²) in [6.45, 7) is 0. The monoisotopic (exact) mass is 249 g/mol. The van der Waals surface area contributed by atoms with Crippen LogP contribution in [0.2, 0.25) is 0 Å². The van der Waals surface area contributed by atoms with Crippen LogP contribution in [0.3, 0.4) is 0 Å². The van der Waals surface area contributed by atoms with Gasteiger partial charge in [-0.25, -0.2) is 13.6 Å². The van der Waals surface area contributed by atoms with Crippen molar-refractivity contribution in [3.05, 3.63) is 59.7 Å². The Bertz CT molecular complexity index is 599. The summed E-state index contributed by atoms with van der Waals surface area (Å²) in [5.41, 5.74) is -0.488. The number of carbonyl (C=O) groups is 1. The highest BCUT2D eigenvalue weighted by Gasteiger charge is 2.15. The van der Waals surface area contributed by atoms with E-state index in [0.29, 0.717) is 0 Å². The van der Waals surface area contributed by atoms with E-state index < -0.39 is 17.6 Å². The van der Waals surface area contributed by atoms with Crippen molar-refractivity contribution in [1.29, 1.82) is 0 Å². The molecule has 0 aromatic heterocycles. The van der Waals surface area contributed by atoms with Gasteiger partial charge in [-0.1, -0.05) is 18.2 Å². The first-order valence-corrected chi connectivity index (χ1v) is 5.13. The fourth-order valence-electron chi connectivity index (χ4n) is 1.53. The Hall–Kier alpha value is -2.43. The van der Waals surface area contributed by atoms with Crippen LogP contribution in [0.25, 0.3) is 0 Å². The van der Waals surface area contributed by atoms with E-state index in [0.717, 1.165) is 6.07 Å². The first-order valence-electron chi connectivity index (χ1n) is 5.13. The minimum atomic E-state index is -1.28. The third-order valence-corrected chi connectivity index (χ3v) is 2.38. The van der Waals surface area contributed by atoms with E-state index >= 15 is 0 Å². The third-order valence-electron chi connectivity index (χ3n) is 2.38. The molecule has 0 unspecified atom stereocenters. The lowest BCUT2D eigenvalue weighted by Crippen LogP contribution is -2.05. The molecule has 0 radical (unpaired) electrons. The van der Waals surface area contributed by atoms with Gasteiger partial charge in [0.25, 0.3) is 0 Å². The van der Waals surface area contributed by atoms with Crippen molar-refractivity contribution in [1.82, 2.24) is 0 Å². The molecule has 0 saturated heterocycles. The van der Waals surface area contributed by atoms with Gasteiger partial charge in [-0.3, -0.25) is 0 Å². The SMILES string of the molecule is O=C(O)c1cccc(F)c1Nc1ccccc1F. The molecule has 3 nitrogen and oxygen atoms in total. The number of carboxylic acid groups (broad SMARTS) is 1. The molecular formula is C13H9F2NO2. The second-order valence-corrected chi connectivity index (χ2v) is 3.57. The van der Waals surface area contributed by atoms with Crippen LogP contribution in [-0.2, 0) is 0 Å². The van der Waals surface area contributed by atoms with Gasteiger partial charge in [0.05, 0.1) is 16.9 Å². The lowest BCUT2D eigenvalue weighted by atomic mass is 10.1. The van der Waals surface area contributed by atoms with Gasteiger partial charge in [-0.15, -0.1) is 0 Å². The number of rotatable bonds is 3.